The summed E-state index contributed by atoms with van der Waals surface area (Å²) in [7, 11) is 0. The van der Waals surface area contributed by atoms with Gasteiger partial charge < -0.3 is 17.0 Å². The van der Waals surface area contributed by atoms with Gasteiger partial charge in [0.2, 0.25) is 0 Å². The predicted molar refractivity (Wildman–Crippen MR) is 69.1 cm³/mol. The second-order valence-electron chi connectivity index (χ2n) is 3.99. The molecule has 0 aliphatic heterocycles. The van der Waals surface area contributed by atoms with Crippen LogP contribution in [0.3, 0.4) is 0 Å². The number of unbranched alkanes of at least 4 members (excludes halogenated alkanes) is 1. The fourth-order valence-corrected chi connectivity index (χ4v) is 1.72. The van der Waals surface area contributed by atoms with E-state index in [0.717, 1.165) is 17.7 Å². The molecule has 2 N–H and O–H groups in total. The minimum Gasteiger partial charge on any atom is -1.00 e. The van der Waals surface area contributed by atoms with E-state index in [-0.39, 0.29) is 17.0 Å². The van der Waals surface area contributed by atoms with Crippen molar-refractivity contribution in [2.75, 3.05) is 5.73 Å². The second kappa shape index (κ2) is 7.49. The molecule has 1 aromatic carbocycles. The quantitative estimate of drug-likeness (QED) is 0.576. The van der Waals surface area contributed by atoms with Crippen LogP contribution in [0.1, 0.15) is 12.8 Å². The topological polar surface area (TPSA) is 66.6 Å². The molecule has 0 atom stereocenters. The molecule has 0 fully saturated rings. The summed E-state index contributed by atoms with van der Waals surface area (Å²) >= 11 is 0. The summed E-state index contributed by atoms with van der Waals surface area (Å²) in [4.78, 5) is 0. The molecule has 0 radical (unpaired) electrons. The molecule has 4 nitrogen and oxygen atoms in total. The maximum absolute atomic E-state index is 8.54. The molecule has 0 aliphatic carbocycles. The first-order valence-corrected chi connectivity index (χ1v) is 5.90. The molecule has 19 heavy (non-hydrogen) atoms. The molecule has 2 rings (SSSR count). The first kappa shape index (κ1) is 15.1. The predicted octanol–water partition coefficient (Wildman–Crippen LogP) is -1.07. The first-order chi connectivity index (χ1) is 8.81. The van der Waals surface area contributed by atoms with E-state index >= 15 is 0 Å². The van der Waals surface area contributed by atoms with Crippen molar-refractivity contribution in [1.82, 2.24) is 5.10 Å². The van der Waals surface area contributed by atoms with E-state index in [1.54, 1.807) is 4.68 Å². The first-order valence-electron chi connectivity index (χ1n) is 5.90. The Morgan fingerprint density at radius 1 is 1.16 bits per heavy atom. The van der Waals surface area contributed by atoms with Crippen LogP contribution >= 0.6 is 0 Å². The highest BCUT2D eigenvalue weighted by atomic mass is 79.9. The number of nitrogens with zero attached hydrogens (tertiary/aromatic N) is 3. The van der Waals surface area contributed by atoms with E-state index in [0.29, 0.717) is 18.8 Å². The fraction of sp³-hybridized carbons (Fsp3) is 0.214. The van der Waals surface area contributed by atoms with Gasteiger partial charge in [-0.3, -0.25) is 5.73 Å². The summed E-state index contributed by atoms with van der Waals surface area (Å²) in [5.41, 5.74) is 7.82. The number of rotatable bonds is 4. The molecule has 1 heterocycles. The van der Waals surface area contributed by atoms with E-state index < -0.39 is 0 Å². The molecule has 0 saturated carbocycles. The lowest BCUT2D eigenvalue weighted by Crippen LogP contribution is -3.00. The van der Waals surface area contributed by atoms with E-state index in [1.165, 1.54) is 0 Å². The minimum absolute atomic E-state index is 0. The number of anilines is 1. The average Bonchev–Trinajstić information content (AvgIpc) is 2.42. The van der Waals surface area contributed by atoms with Gasteiger partial charge in [0.25, 0.3) is 5.82 Å². The molecule has 0 unspecified atom stereocenters. The number of nitriles is 1. The summed E-state index contributed by atoms with van der Waals surface area (Å²) in [5, 5.41) is 13.0. The highest BCUT2D eigenvalue weighted by Crippen LogP contribution is 2.14. The van der Waals surface area contributed by atoms with Crippen LogP contribution in [-0.2, 0) is 6.54 Å². The number of hydrogen-bond donors (Lipinski definition) is 1. The number of aryl methyl sites for hydroxylation is 1. The average molecular weight is 319 g/mol. The van der Waals surface area contributed by atoms with Crippen LogP contribution in [0.4, 0.5) is 5.82 Å². The van der Waals surface area contributed by atoms with Gasteiger partial charge in [-0.1, -0.05) is 35.4 Å². The van der Waals surface area contributed by atoms with Crippen molar-refractivity contribution in [2.24, 2.45) is 0 Å². The smallest absolute Gasteiger partial charge is 0.293 e. The maximum Gasteiger partial charge on any atom is 0.293 e. The standard InChI is InChI=1S/C14H14N4.BrH/c15-10-4-5-11-18-14(16)9-8-13(17-18)12-6-2-1-3-7-12;/h1-3,6-9,16H,4-5,11H2;1H. The Bertz CT molecular complexity index is 563. The Balaban J connectivity index is 0.00000180. The van der Waals surface area contributed by atoms with Gasteiger partial charge in [0, 0.05) is 24.5 Å². The Hall–Kier alpha value is -1.93. The third-order valence-corrected chi connectivity index (χ3v) is 2.67. The monoisotopic (exact) mass is 318 g/mol. The van der Waals surface area contributed by atoms with Crippen LogP contribution in [0.2, 0.25) is 0 Å². The van der Waals surface area contributed by atoms with Crippen molar-refractivity contribution in [3.05, 3.63) is 42.5 Å². The summed E-state index contributed by atoms with van der Waals surface area (Å²) < 4.78 is 1.75. The number of hydrogen-bond acceptors (Lipinski definition) is 3. The summed E-state index contributed by atoms with van der Waals surface area (Å²) in [6.45, 7) is 0.667. The van der Waals surface area contributed by atoms with E-state index in [2.05, 4.69) is 11.2 Å². The molecule has 0 bridgehead atoms. The van der Waals surface area contributed by atoms with Crippen LogP contribution in [0.5, 0.6) is 0 Å². The lowest BCUT2D eigenvalue weighted by atomic mass is 10.1. The number of halogens is 1. The molecular formula is C14H15BrN4. The Morgan fingerprint density at radius 2 is 1.89 bits per heavy atom. The summed E-state index contributed by atoms with van der Waals surface area (Å²) in [5.74, 6) is 0.618. The van der Waals surface area contributed by atoms with Gasteiger partial charge >= 0.3 is 0 Å². The van der Waals surface area contributed by atoms with Crippen LogP contribution < -0.4 is 27.4 Å². The molecule has 98 valence electrons. The van der Waals surface area contributed by atoms with Crippen LogP contribution in [0.15, 0.2) is 42.5 Å². The lowest BCUT2D eigenvalue weighted by molar-refractivity contribution is -0.739. The maximum atomic E-state index is 8.54. The third kappa shape index (κ3) is 4.04. The van der Waals surface area contributed by atoms with E-state index in [1.807, 2.05) is 42.5 Å². The van der Waals surface area contributed by atoms with Crippen molar-refractivity contribution in [3.8, 4) is 17.3 Å². The molecule has 0 aliphatic rings. The SMILES string of the molecule is N#CCCC[n+]1nc(-c2ccccc2)ccc1N.[Br-]. The number of aromatic nitrogens is 2. The molecule has 0 amide bonds. The number of nitrogen functional groups attached to an aromatic ring is 1. The van der Waals surface area contributed by atoms with Gasteiger partial charge in [-0.15, -0.1) is 4.68 Å². The molecular weight excluding hydrogens is 304 g/mol. The van der Waals surface area contributed by atoms with Gasteiger partial charge in [-0.25, -0.2) is 0 Å². The van der Waals surface area contributed by atoms with Gasteiger partial charge in [0.05, 0.1) is 6.07 Å². The minimum atomic E-state index is 0. The zero-order valence-corrected chi connectivity index (χ0v) is 12.0. The number of nitrogens with two attached hydrogens (primary N) is 1. The summed E-state index contributed by atoms with van der Waals surface area (Å²) in [6, 6.07) is 15.8. The van der Waals surface area contributed by atoms with Crippen LogP contribution in [0.25, 0.3) is 11.3 Å². The highest BCUT2D eigenvalue weighted by molar-refractivity contribution is 5.58. The summed E-state index contributed by atoms with van der Waals surface area (Å²) in [6.07, 6.45) is 1.28. The van der Waals surface area contributed by atoms with E-state index in [9.17, 15) is 0 Å². The zero-order chi connectivity index (χ0) is 12.8. The van der Waals surface area contributed by atoms with Gasteiger partial charge in [-0.2, -0.15) is 5.26 Å². The molecule has 2 aromatic rings. The van der Waals surface area contributed by atoms with Gasteiger partial charge in [0.15, 0.2) is 0 Å². The van der Waals surface area contributed by atoms with Crippen molar-refractivity contribution in [1.29, 1.82) is 5.26 Å². The molecule has 0 spiro atoms. The van der Waals surface area contributed by atoms with Crippen LogP contribution in [0, 0.1) is 11.3 Å². The molecule has 5 heteroatoms. The highest BCUT2D eigenvalue weighted by Gasteiger charge is 2.08. The number of benzene rings is 1. The molecule has 1 aromatic heterocycles. The fourth-order valence-electron chi connectivity index (χ4n) is 1.72. The second-order valence-corrected chi connectivity index (χ2v) is 3.99. The van der Waals surface area contributed by atoms with Crippen molar-refractivity contribution in [3.63, 3.8) is 0 Å². The lowest BCUT2D eigenvalue weighted by Gasteiger charge is -2.03. The zero-order valence-electron chi connectivity index (χ0n) is 10.5. The van der Waals surface area contributed by atoms with Crippen molar-refractivity contribution in [2.45, 2.75) is 19.4 Å². The Labute approximate surface area is 123 Å². The normalized spacial score (nSPS) is 9.42. The Kier molecular flexibility index (Phi) is 5.97. The van der Waals surface area contributed by atoms with Crippen molar-refractivity contribution < 1.29 is 21.7 Å². The molecule has 0 saturated heterocycles. The Morgan fingerprint density at radius 3 is 2.58 bits per heavy atom. The third-order valence-electron chi connectivity index (χ3n) is 2.67. The van der Waals surface area contributed by atoms with Crippen molar-refractivity contribution >= 4 is 5.82 Å². The van der Waals surface area contributed by atoms with Gasteiger partial charge in [-0.05, 0) is 6.07 Å². The van der Waals surface area contributed by atoms with Crippen LogP contribution in [-0.4, -0.2) is 5.10 Å². The van der Waals surface area contributed by atoms with Gasteiger partial charge in [0.1, 0.15) is 12.2 Å². The van der Waals surface area contributed by atoms with E-state index in [4.69, 9.17) is 11.0 Å². The largest absolute Gasteiger partial charge is 1.00 e.